The van der Waals surface area contributed by atoms with Gasteiger partial charge in [0, 0.05) is 12.8 Å². The molecule has 0 aromatic rings. The Hall–Kier alpha value is -0.610. The molecule has 1 saturated heterocycles. The molecule has 0 radical (unpaired) electrons. The molecule has 1 rings (SSSR count). The molecular formula is C14H27NO3. The van der Waals surface area contributed by atoms with E-state index in [1.54, 1.807) is 0 Å². The monoisotopic (exact) mass is 257 g/mol. The predicted molar refractivity (Wildman–Crippen MR) is 71.4 cm³/mol. The molecule has 0 saturated carbocycles. The lowest BCUT2D eigenvalue weighted by Crippen LogP contribution is -2.45. The molecule has 2 unspecified atom stereocenters. The van der Waals surface area contributed by atoms with Crippen molar-refractivity contribution in [3.05, 3.63) is 0 Å². The number of hydrogen-bond acceptors (Lipinski definition) is 4. The minimum absolute atomic E-state index is 0.0352. The molecule has 0 bridgehead atoms. The zero-order valence-electron chi connectivity index (χ0n) is 12.3. The van der Waals surface area contributed by atoms with Crippen LogP contribution in [-0.4, -0.2) is 50.3 Å². The van der Waals surface area contributed by atoms with Crippen LogP contribution in [0.4, 0.5) is 0 Å². The lowest BCUT2D eigenvalue weighted by atomic mass is 9.89. The number of likely N-dealkylation sites (N-methyl/N-ethyl adjacent to an activating group) is 1. The van der Waals surface area contributed by atoms with Crippen LogP contribution in [0, 0.1) is 11.8 Å². The minimum atomic E-state index is -0.159. The van der Waals surface area contributed by atoms with Gasteiger partial charge in [0.1, 0.15) is 12.1 Å². The van der Waals surface area contributed by atoms with Crippen LogP contribution >= 0.6 is 0 Å². The summed E-state index contributed by atoms with van der Waals surface area (Å²) in [6.07, 6.45) is 1.68. The summed E-state index contributed by atoms with van der Waals surface area (Å²) in [5.41, 5.74) is 0. The molecule has 4 nitrogen and oxygen atoms in total. The van der Waals surface area contributed by atoms with E-state index >= 15 is 0 Å². The Balaban J connectivity index is 2.59. The Morgan fingerprint density at radius 3 is 2.22 bits per heavy atom. The molecule has 0 amide bonds. The summed E-state index contributed by atoms with van der Waals surface area (Å²) in [6.45, 7) is 7.79. The van der Waals surface area contributed by atoms with E-state index in [9.17, 15) is 4.79 Å². The normalized spacial score (nSPS) is 21.1. The van der Waals surface area contributed by atoms with Gasteiger partial charge in [-0.25, -0.2) is 0 Å². The van der Waals surface area contributed by atoms with Gasteiger partial charge in [-0.05, 0) is 25.9 Å². The largest absolute Gasteiger partial charge is 0.461 e. The van der Waals surface area contributed by atoms with Crippen LogP contribution in [0.25, 0.3) is 0 Å². The molecular weight excluding hydrogens is 230 g/mol. The maximum Gasteiger partial charge on any atom is 0.323 e. The minimum Gasteiger partial charge on any atom is -0.461 e. The molecule has 2 atom stereocenters. The Kier molecular flexibility index (Phi) is 6.09. The Bertz CT molecular complexity index is 260. The fraction of sp³-hybridized carbons (Fsp3) is 0.929. The third-order valence-electron chi connectivity index (χ3n) is 3.80. The van der Waals surface area contributed by atoms with Crippen LogP contribution in [0.3, 0.4) is 0 Å². The Labute approximate surface area is 111 Å². The highest BCUT2D eigenvalue weighted by molar-refractivity contribution is 5.76. The van der Waals surface area contributed by atoms with Crippen molar-refractivity contribution in [1.29, 1.82) is 0 Å². The molecule has 1 aliphatic rings. The lowest BCUT2D eigenvalue weighted by Gasteiger charge is -2.32. The molecule has 0 N–H and O–H groups in total. The van der Waals surface area contributed by atoms with Gasteiger partial charge in [-0.3, -0.25) is 9.69 Å². The van der Waals surface area contributed by atoms with Crippen LogP contribution in [0.5, 0.6) is 0 Å². The van der Waals surface area contributed by atoms with Crippen LogP contribution < -0.4 is 0 Å². The van der Waals surface area contributed by atoms with Gasteiger partial charge < -0.3 is 9.47 Å². The summed E-state index contributed by atoms with van der Waals surface area (Å²) < 4.78 is 10.9. The molecule has 4 heteroatoms. The van der Waals surface area contributed by atoms with Crippen molar-refractivity contribution >= 4 is 5.97 Å². The SMILES string of the molecule is CC(C)C(C)C(C(=O)OC1CCOCC1)N(C)C. The van der Waals surface area contributed by atoms with Crippen LogP contribution in [0.15, 0.2) is 0 Å². The highest BCUT2D eigenvalue weighted by atomic mass is 16.6. The van der Waals surface area contributed by atoms with E-state index in [-0.39, 0.29) is 24.0 Å². The fourth-order valence-electron chi connectivity index (χ4n) is 2.29. The molecule has 0 spiro atoms. The van der Waals surface area contributed by atoms with Crippen molar-refractivity contribution in [2.24, 2.45) is 11.8 Å². The first-order chi connectivity index (χ1) is 8.43. The van der Waals surface area contributed by atoms with Crippen molar-refractivity contribution in [3.63, 3.8) is 0 Å². The average molecular weight is 257 g/mol. The van der Waals surface area contributed by atoms with Crippen LogP contribution in [0.2, 0.25) is 0 Å². The van der Waals surface area contributed by atoms with Gasteiger partial charge in [0.25, 0.3) is 0 Å². The molecule has 1 aliphatic heterocycles. The number of carbonyl (C=O) groups is 1. The number of nitrogens with zero attached hydrogens (tertiary/aromatic N) is 1. The summed E-state index contributed by atoms with van der Waals surface area (Å²) >= 11 is 0. The molecule has 1 fully saturated rings. The third-order valence-corrected chi connectivity index (χ3v) is 3.80. The molecule has 0 aromatic heterocycles. The molecule has 0 aliphatic carbocycles. The number of esters is 1. The zero-order chi connectivity index (χ0) is 13.7. The van der Waals surface area contributed by atoms with E-state index in [2.05, 4.69) is 20.8 Å². The van der Waals surface area contributed by atoms with Crippen molar-refractivity contribution in [1.82, 2.24) is 4.90 Å². The Morgan fingerprint density at radius 2 is 1.78 bits per heavy atom. The topological polar surface area (TPSA) is 38.8 Å². The highest BCUT2D eigenvalue weighted by Gasteiger charge is 2.32. The molecule has 106 valence electrons. The first-order valence-electron chi connectivity index (χ1n) is 6.88. The van der Waals surface area contributed by atoms with Gasteiger partial charge in [0.2, 0.25) is 0 Å². The van der Waals surface area contributed by atoms with Gasteiger partial charge in [-0.2, -0.15) is 0 Å². The van der Waals surface area contributed by atoms with Crippen molar-refractivity contribution in [2.75, 3.05) is 27.3 Å². The second kappa shape index (κ2) is 7.10. The number of rotatable bonds is 5. The molecule has 18 heavy (non-hydrogen) atoms. The van der Waals surface area contributed by atoms with Crippen molar-refractivity contribution in [3.8, 4) is 0 Å². The van der Waals surface area contributed by atoms with Gasteiger partial charge in [-0.1, -0.05) is 20.8 Å². The summed E-state index contributed by atoms with van der Waals surface area (Å²) in [6, 6.07) is -0.159. The zero-order valence-corrected chi connectivity index (χ0v) is 12.3. The van der Waals surface area contributed by atoms with Gasteiger partial charge >= 0.3 is 5.97 Å². The lowest BCUT2D eigenvalue weighted by molar-refractivity contribution is -0.161. The maximum absolute atomic E-state index is 12.3. The summed E-state index contributed by atoms with van der Waals surface area (Å²) in [5, 5.41) is 0. The van der Waals surface area contributed by atoms with E-state index in [1.165, 1.54) is 0 Å². The molecule has 0 aromatic carbocycles. The van der Waals surface area contributed by atoms with E-state index in [0.717, 1.165) is 12.8 Å². The average Bonchev–Trinajstić information content (AvgIpc) is 2.29. The summed E-state index contributed by atoms with van der Waals surface area (Å²) in [5.74, 6) is 0.653. The van der Waals surface area contributed by atoms with E-state index in [0.29, 0.717) is 19.1 Å². The quantitative estimate of drug-likeness (QED) is 0.706. The number of ether oxygens (including phenoxy) is 2. The number of carbonyl (C=O) groups excluding carboxylic acids is 1. The molecule has 1 heterocycles. The van der Waals surface area contributed by atoms with E-state index in [1.807, 2.05) is 19.0 Å². The predicted octanol–water partition coefficient (Wildman–Crippen LogP) is 1.93. The van der Waals surface area contributed by atoms with Crippen LogP contribution in [-0.2, 0) is 14.3 Å². The first kappa shape index (κ1) is 15.4. The van der Waals surface area contributed by atoms with Crippen LogP contribution in [0.1, 0.15) is 33.6 Å². The van der Waals surface area contributed by atoms with Gasteiger partial charge in [0.15, 0.2) is 0 Å². The standard InChI is InChI=1S/C14H27NO3/c1-10(2)11(3)13(15(4)5)14(16)18-12-6-8-17-9-7-12/h10-13H,6-9H2,1-5H3. The third kappa shape index (κ3) is 4.25. The highest BCUT2D eigenvalue weighted by Crippen LogP contribution is 2.21. The fourth-order valence-corrected chi connectivity index (χ4v) is 2.29. The van der Waals surface area contributed by atoms with Gasteiger partial charge in [-0.15, -0.1) is 0 Å². The second-order valence-electron chi connectivity index (χ2n) is 5.76. The number of hydrogen-bond donors (Lipinski definition) is 0. The summed E-state index contributed by atoms with van der Waals surface area (Å²) in [4.78, 5) is 14.3. The van der Waals surface area contributed by atoms with Crippen molar-refractivity contribution < 1.29 is 14.3 Å². The van der Waals surface area contributed by atoms with E-state index < -0.39 is 0 Å². The van der Waals surface area contributed by atoms with E-state index in [4.69, 9.17) is 9.47 Å². The Morgan fingerprint density at radius 1 is 1.22 bits per heavy atom. The summed E-state index contributed by atoms with van der Waals surface area (Å²) in [7, 11) is 3.88. The maximum atomic E-state index is 12.3. The second-order valence-corrected chi connectivity index (χ2v) is 5.76. The smallest absolute Gasteiger partial charge is 0.323 e. The first-order valence-corrected chi connectivity index (χ1v) is 6.88. The van der Waals surface area contributed by atoms with Crippen molar-refractivity contribution in [2.45, 2.75) is 45.8 Å². The van der Waals surface area contributed by atoms with Gasteiger partial charge in [0.05, 0.1) is 13.2 Å².